The first-order valence-corrected chi connectivity index (χ1v) is 9.91. The van der Waals surface area contributed by atoms with Gasteiger partial charge in [-0.3, -0.25) is 4.79 Å². The molecule has 30 heavy (non-hydrogen) atoms. The summed E-state index contributed by atoms with van der Waals surface area (Å²) in [6, 6.07) is 10.4. The monoisotopic (exact) mass is 429 g/mol. The van der Waals surface area contributed by atoms with Gasteiger partial charge in [0.1, 0.15) is 0 Å². The van der Waals surface area contributed by atoms with Crippen LogP contribution in [0.5, 0.6) is 11.5 Å². The van der Waals surface area contributed by atoms with E-state index in [9.17, 15) is 4.79 Å². The average Bonchev–Trinajstić information content (AvgIpc) is 3.14. The summed E-state index contributed by atoms with van der Waals surface area (Å²) in [6.07, 6.45) is 0.888. The molecule has 0 bridgehead atoms. The zero-order valence-electron chi connectivity index (χ0n) is 17.3. The van der Waals surface area contributed by atoms with Crippen LogP contribution in [0.2, 0.25) is 5.02 Å². The SMILES string of the molecule is COc1cc(C(=O)Nc2cccc(-c3nnnn3C)c2)cc(Cl)c1OCCC(C)C. The first-order chi connectivity index (χ1) is 14.4. The molecule has 0 atom stereocenters. The van der Waals surface area contributed by atoms with Crippen molar-refractivity contribution >= 4 is 23.2 Å². The van der Waals surface area contributed by atoms with E-state index in [-0.39, 0.29) is 5.91 Å². The predicted octanol–water partition coefficient (Wildman–Crippen LogP) is 4.22. The van der Waals surface area contributed by atoms with E-state index in [0.717, 1.165) is 12.0 Å². The number of carbonyl (C=O) groups excluding carboxylic acids is 1. The van der Waals surface area contributed by atoms with E-state index >= 15 is 0 Å². The maximum Gasteiger partial charge on any atom is 0.255 e. The Labute approximate surface area is 180 Å². The number of halogens is 1. The molecule has 0 unspecified atom stereocenters. The maximum atomic E-state index is 12.8. The molecular formula is C21H24ClN5O3. The summed E-state index contributed by atoms with van der Waals surface area (Å²) in [4.78, 5) is 12.8. The van der Waals surface area contributed by atoms with Gasteiger partial charge < -0.3 is 14.8 Å². The topological polar surface area (TPSA) is 91.2 Å². The Morgan fingerprint density at radius 2 is 2.07 bits per heavy atom. The maximum absolute atomic E-state index is 12.8. The molecule has 0 saturated carbocycles. The first kappa shape index (κ1) is 21.6. The Morgan fingerprint density at radius 3 is 2.73 bits per heavy atom. The van der Waals surface area contributed by atoms with Crippen molar-refractivity contribution in [3.8, 4) is 22.9 Å². The summed E-state index contributed by atoms with van der Waals surface area (Å²) in [6.45, 7) is 4.75. The van der Waals surface area contributed by atoms with Crippen LogP contribution in [0.1, 0.15) is 30.6 Å². The smallest absolute Gasteiger partial charge is 0.255 e. The molecule has 0 aliphatic carbocycles. The number of nitrogens with zero attached hydrogens (tertiary/aromatic N) is 4. The van der Waals surface area contributed by atoms with Gasteiger partial charge in [-0.2, -0.15) is 0 Å². The third-order valence-corrected chi connectivity index (χ3v) is 4.71. The molecule has 0 spiro atoms. The molecule has 9 heteroatoms. The van der Waals surface area contributed by atoms with Crippen molar-refractivity contribution in [1.82, 2.24) is 20.2 Å². The lowest BCUT2D eigenvalue weighted by atomic mass is 10.1. The molecule has 1 heterocycles. The van der Waals surface area contributed by atoms with Crippen LogP contribution < -0.4 is 14.8 Å². The largest absolute Gasteiger partial charge is 0.493 e. The van der Waals surface area contributed by atoms with Gasteiger partial charge in [0, 0.05) is 23.9 Å². The number of hydrogen-bond acceptors (Lipinski definition) is 6. The molecule has 3 rings (SSSR count). The zero-order valence-corrected chi connectivity index (χ0v) is 18.1. The second-order valence-electron chi connectivity index (χ2n) is 7.18. The van der Waals surface area contributed by atoms with Gasteiger partial charge in [0.05, 0.1) is 18.7 Å². The van der Waals surface area contributed by atoms with Crippen LogP contribution >= 0.6 is 11.6 Å². The van der Waals surface area contributed by atoms with Gasteiger partial charge in [-0.05, 0) is 47.0 Å². The van der Waals surface area contributed by atoms with E-state index in [1.807, 2.05) is 12.1 Å². The predicted molar refractivity (Wildman–Crippen MR) is 115 cm³/mol. The summed E-state index contributed by atoms with van der Waals surface area (Å²) >= 11 is 6.38. The van der Waals surface area contributed by atoms with Crippen molar-refractivity contribution in [3.63, 3.8) is 0 Å². The van der Waals surface area contributed by atoms with Gasteiger partial charge in [0.2, 0.25) is 0 Å². The highest BCUT2D eigenvalue weighted by Crippen LogP contribution is 2.37. The fourth-order valence-corrected chi connectivity index (χ4v) is 3.07. The number of tetrazole rings is 1. The van der Waals surface area contributed by atoms with E-state index in [4.69, 9.17) is 21.1 Å². The number of rotatable bonds is 8. The number of hydrogen-bond donors (Lipinski definition) is 1. The molecular weight excluding hydrogens is 406 g/mol. The number of carbonyl (C=O) groups is 1. The minimum atomic E-state index is -0.322. The third-order valence-electron chi connectivity index (χ3n) is 4.43. The van der Waals surface area contributed by atoms with Crippen LogP contribution in [-0.2, 0) is 7.05 Å². The van der Waals surface area contributed by atoms with Crippen molar-refractivity contribution < 1.29 is 14.3 Å². The van der Waals surface area contributed by atoms with Gasteiger partial charge >= 0.3 is 0 Å². The van der Waals surface area contributed by atoms with Crippen LogP contribution in [0, 0.1) is 5.92 Å². The van der Waals surface area contributed by atoms with Gasteiger partial charge in [-0.1, -0.05) is 37.6 Å². The highest BCUT2D eigenvalue weighted by Gasteiger charge is 2.17. The summed E-state index contributed by atoms with van der Waals surface area (Å²) in [5, 5.41) is 14.6. The Kier molecular flexibility index (Phi) is 6.89. The van der Waals surface area contributed by atoms with Gasteiger partial charge in [0.15, 0.2) is 17.3 Å². The van der Waals surface area contributed by atoms with Gasteiger partial charge in [-0.25, -0.2) is 4.68 Å². The lowest BCUT2D eigenvalue weighted by Crippen LogP contribution is -2.13. The first-order valence-electron chi connectivity index (χ1n) is 9.53. The Hall–Kier alpha value is -3.13. The van der Waals surface area contributed by atoms with Crippen LogP contribution in [-0.4, -0.2) is 39.8 Å². The molecule has 8 nitrogen and oxygen atoms in total. The lowest BCUT2D eigenvalue weighted by molar-refractivity contribution is 0.102. The van der Waals surface area contributed by atoms with Crippen LogP contribution in [0.3, 0.4) is 0 Å². The Balaban J connectivity index is 1.79. The molecule has 0 saturated heterocycles. The fraction of sp³-hybridized carbons (Fsp3) is 0.333. The summed E-state index contributed by atoms with van der Waals surface area (Å²) in [7, 11) is 3.26. The van der Waals surface area contributed by atoms with Crippen LogP contribution in [0.4, 0.5) is 5.69 Å². The second-order valence-corrected chi connectivity index (χ2v) is 7.59. The quantitative estimate of drug-likeness (QED) is 0.576. The number of benzene rings is 2. The minimum Gasteiger partial charge on any atom is -0.493 e. The molecule has 3 aromatic rings. The minimum absolute atomic E-state index is 0.321. The van der Waals surface area contributed by atoms with Crippen LogP contribution in [0.15, 0.2) is 36.4 Å². The summed E-state index contributed by atoms with van der Waals surface area (Å²) in [5.74, 6) is 1.63. The number of aromatic nitrogens is 4. The van der Waals surface area contributed by atoms with Crippen LogP contribution in [0.25, 0.3) is 11.4 Å². The van der Waals surface area contributed by atoms with E-state index in [1.165, 1.54) is 7.11 Å². The molecule has 0 aliphatic heterocycles. The van der Waals surface area contributed by atoms with E-state index in [2.05, 4.69) is 34.7 Å². The Bertz CT molecular complexity index is 1040. The number of amides is 1. The number of methoxy groups -OCH3 is 1. The van der Waals surface area contributed by atoms with Crippen molar-refractivity contribution in [2.24, 2.45) is 13.0 Å². The molecule has 1 aromatic heterocycles. The molecule has 158 valence electrons. The number of aryl methyl sites for hydroxylation is 1. The highest BCUT2D eigenvalue weighted by atomic mass is 35.5. The van der Waals surface area contributed by atoms with Crippen molar-refractivity contribution in [1.29, 1.82) is 0 Å². The lowest BCUT2D eigenvalue weighted by Gasteiger charge is -2.15. The standard InChI is InChI=1S/C21H24ClN5O3/c1-13(2)8-9-30-19-17(22)11-15(12-18(19)29-4)21(28)23-16-7-5-6-14(10-16)20-24-25-26-27(20)3/h5-7,10-13H,8-9H2,1-4H3,(H,23,28). The molecule has 0 fully saturated rings. The van der Waals surface area contributed by atoms with E-state index in [0.29, 0.717) is 46.1 Å². The van der Waals surface area contributed by atoms with E-state index in [1.54, 1.807) is 36.0 Å². The average molecular weight is 430 g/mol. The van der Waals surface area contributed by atoms with Crippen molar-refractivity contribution in [3.05, 3.63) is 47.0 Å². The number of anilines is 1. The normalized spacial score (nSPS) is 10.9. The second kappa shape index (κ2) is 9.58. The third kappa shape index (κ3) is 5.07. The fourth-order valence-electron chi connectivity index (χ4n) is 2.80. The molecule has 1 amide bonds. The molecule has 0 aliphatic rings. The zero-order chi connectivity index (χ0) is 21.7. The van der Waals surface area contributed by atoms with Crippen molar-refractivity contribution in [2.45, 2.75) is 20.3 Å². The van der Waals surface area contributed by atoms with Crippen molar-refractivity contribution in [2.75, 3.05) is 19.0 Å². The van der Waals surface area contributed by atoms with E-state index < -0.39 is 0 Å². The highest BCUT2D eigenvalue weighted by molar-refractivity contribution is 6.32. The number of nitrogens with one attached hydrogen (secondary N) is 1. The summed E-state index contributed by atoms with van der Waals surface area (Å²) < 4.78 is 12.7. The molecule has 0 radical (unpaired) electrons. The molecule has 2 aromatic carbocycles. The number of ether oxygens (including phenoxy) is 2. The summed E-state index contributed by atoms with van der Waals surface area (Å²) in [5.41, 5.74) is 1.75. The van der Waals surface area contributed by atoms with Gasteiger partial charge in [-0.15, -0.1) is 5.10 Å². The van der Waals surface area contributed by atoms with Gasteiger partial charge in [0.25, 0.3) is 5.91 Å². The Morgan fingerprint density at radius 1 is 1.27 bits per heavy atom. The molecule has 1 N–H and O–H groups in total.